The Morgan fingerprint density at radius 3 is 2.33 bits per heavy atom. The third-order valence-electron chi connectivity index (χ3n) is 5.28. The molecular formula is C19H34N4O3S. The van der Waals surface area contributed by atoms with E-state index in [9.17, 15) is 14.4 Å². The molecule has 1 rings (SSSR count). The molecule has 8 heteroatoms. The molecular weight excluding hydrogens is 364 g/mol. The molecule has 1 heterocycles. The van der Waals surface area contributed by atoms with Crippen molar-refractivity contribution in [1.29, 1.82) is 0 Å². The van der Waals surface area contributed by atoms with Crippen LogP contribution in [0.1, 0.15) is 60.8 Å². The highest BCUT2D eigenvalue weighted by Crippen LogP contribution is 2.42. The van der Waals surface area contributed by atoms with Crippen molar-refractivity contribution < 1.29 is 14.4 Å². The molecule has 0 aliphatic carbocycles. The maximum Gasteiger partial charge on any atom is 0.232 e. The molecule has 154 valence electrons. The minimum absolute atomic E-state index is 0.136. The van der Waals surface area contributed by atoms with E-state index in [0.29, 0.717) is 18.5 Å². The Balaban J connectivity index is 3.26. The second kappa shape index (κ2) is 8.65. The highest BCUT2D eigenvalue weighted by molar-refractivity contribution is 7.77. The van der Waals surface area contributed by atoms with Gasteiger partial charge in [0.05, 0.1) is 0 Å². The predicted octanol–water partition coefficient (Wildman–Crippen LogP) is 2.24. The number of thiol groups is 1. The van der Waals surface area contributed by atoms with Crippen molar-refractivity contribution in [1.82, 2.24) is 9.31 Å². The fraction of sp³-hybridized carbons (Fsp3) is 0.737. The molecule has 1 fully saturated rings. The van der Waals surface area contributed by atoms with Crippen LogP contribution in [0.15, 0.2) is 11.9 Å². The minimum Gasteiger partial charge on any atom is -0.401 e. The van der Waals surface area contributed by atoms with Crippen LogP contribution in [-0.2, 0) is 14.4 Å². The number of aldehydes is 1. The number of carbonyl (C=O) groups excluding carboxylic acids is 3. The zero-order valence-electron chi connectivity index (χ0n) is 17.2. The fourth-order valence-electron chi connectivity index (χ4n) is 3.99. The monoisotopic (exact) mass is 398 g/mol. The third kappa shape index (κ3) is 5.97. The van der Waals surface area contributed by atoms with Gasteiger partial charge in [0.15, 0.2) is 0 Å². The van der Waals surface area contributed by atoms with E-state index in [4.69, 9.17) is 11.6 Å². The van der Waals surface area contributed by atoms with Crippen molar-refractivity contribution in [3.8, 4) is 0 Å². The van der Waals surface area contributed by atoms with E-state index in [1.807, 2.05) is 34.6 Å². The highest BCUT2D eigenvalue weighted by atomic mass is 32.1. The molecule has 1 aliphatic rings. The number of hydrazine groups is 1. The lowest BCUT2D eigenvalue weighted by molar-refractivity contribution is -0.146. The average molecular weight is 399 g/mol. The first-order valence-electron chi connectivity index (χ1n) is 9.24. The SMILES string of the molecule is CC1CC(=O)N(C(CC(C)/C(N)=C/N(N)S)C(C)(C)CC(C)(C)C=O)C1=O. The summed E-state index contributed by atoms with van der Waals surface area (Å²) in [6, 6.07) is -0.380. The quantitative estimate of drug-likeness (QED) is 0.181. The van der Waals surface area contributed by atoms with Gasteiger partial charge in [0.1, 0.15) is 6.29 Å². The van der Waals surface area contributed by atoms with Crippen LogP contribution in [0.4, 0.5) is 0 Å². The van der Waals surface area contributed by atoms with Crippen molar-refractivity contribution in [3.05, 3.63) is 11.9 Å². The van der Waals surface area contributed by atoms with Crippen LogP contribution in [0.2, 0.25) is 0 Å². The Morgan fingerprint density at radius 1 is 1.37 bits per heavy atom. The molecule has 1 saturated heterocycles. The van der Waals surface area contributed by atoms with E-state index in [1.165, 1.54) is 11.1 Å². The molecule has 7 nitrogen and oxygen atoms in total. The van der Waals surface area contributed by atoms with E-state index in [1.54, 1.807) is 6.92 Å². The molecule has 27 heavy (non-hydrogen) atoms. The molecule has 4 N–H and O–H groups in total. The van der Waals surface area contributed by atoms with Gasteiger partial charge >= 0.3 is 0 Å². The summed E-state index contributed by atoms with van der Waals surface area (Å²) in [6.07, 6.45) is 3.66. The van der Waals surface area contributed by atoms with Gasteiger partial charge in [-0.15, -0.1) is 0 Å². The van der Waals surface area contributed by atoms with Gasteiger partial charge in [-0.2, -0.15) is 0 Å². The molecule has 0 spiro atoms. The highest BCUT2D eigenvalue weighted by Gasteiger charge is 2.47. The van der Waals surface area contributed by atoms with Gasteiger partial charge in [0, 0.05) is 35.7 Å². The first-order chi connectivity index (χ1) is 12.2. The van der Waals surface area contributed by atoms with Crippen LogP contribution in [0.25, 0.3) is 0 Å². The van der Waals surface area contributed by atoms with Crippen molar-refractivity contribution >= 4 is 30.9 Å². The lowest BCUT2D eigenvalue weighted by Crippen LogP contribution is -2.51. The second-order valence-electron chi connectivity index (χ2n) is 9.14. The summed E-state index contributed by atoms with van der Waals surface area (Å²) in [4.78, 5) is 38.2. The number of allylic oxidation sites excluding steroid dienone is 1. The summed E-state index contributed by atoms with van der Waals surface area (Å²) in [7, 11) is 0. The first kappa shape index (κ1) is 23.5. The molecule has 3 atom stereocenters. The largest absolute Gasteiger partial charge is 0.401 e. The minimum atomic E-state index is -0.567. The van der Waals surface area contributed by atoms with Gasteiger partial charge < -0.3 is 10.5 Å². The van der Waals surface area contributed by atoms with E-state index in [2.05, 4.69) is 12.8 Å². The van der Waals surface area contributed by atoms with Gasteiger partial charge in [-0.25, -0.2) is 5.84 Å². The summed E-state index contributed by atoms with van der Waals surface area (Å²) >= 11 is 3.97. The Labute approximate surface area is 168 Å². The normalized spacial score (nSPS) is 21.4. The maximum atomic E-state index is 12.7. The molecule has 0 aromatic heterocycles. The van der Waals surface area contributed by atoms with Gasteiger partial charge in [-0.3, -0.25) is 18.9 Å². The number of carbonyl (C=O) groups is 3. The number of rotatable bonds is 9. The Morgan fingerprint density at radius 2 is 1.93 bits per heavy atom. The zero-order chi connectivity index (χ0) is 21.2. The van der Waals surface area contributed by atoms with E-state index < -0.39 is 10.8 Å². The molecule has 2 amide bonds. The number of nitrogens with two attached hydrogens (primary N) is 2. The van der Waals surface area contributed by atoms with Gasteiger partial charge in [0.2, 0.25) is 11.8 Å². The summed E-state index contributed by atoms with van der Waals surface area (Å²) in [6.45, 7) is 11.4. The Bertz CT molecular complexity index is 616. The summed E-state index contributed by atoms with van der Waals surface area (Å²) < 4.78 is 1.08. The van der Waals surface area contributed by atoms with Crippen LogP contribution < -0.4 is 11.6 Å². The van der Waals surface area contributed by atoms with E-state index in [-0.39, 0.29) is 36.1 Å². The Hall–Kier alpha value is -1.54. The van der Waals surface area contributed by atoms with Crippen LogP contribution in [0.5, 0.6) is 0 Å². The zero-order valence-corrected chi connectivity index (χ0v) is 18.1. The van der Waals surface area contributed by atoms with Crippen LogP contribution in [0, 0.1) is 22.7 Å². The fourth-order valence-corrected chi connectivity index (χ4v) is 4.13. The number of hydrogen-bond donors (Lipinski definition) is 3. The van der Waals surface area contributed by atoms with Gasteiger partial charge in [-0.1, -0.05) is 54.4 Å². The molecule has 0 radical (unpaired) electrons. The third-order valence-corrected chi connectivity index (χ3v) is 5.40. The molecule has 1 aliphatic heterocycles. The maximum absolute atomic E-state index is 12.7. The predicted molar refractivity (Wildman–Crippen MR) is 109 cm³/mol. The summed E-state index contributed by atoms with van der Waals surface area (Å²) in [5, 5.41) is 0. The molecule has 3 unspecified atom stereocenters. The second-order valence-corrected chi connectivity index (χ2v) is 9.60. The van der Waals surface area contributed by atoms with Crippen LogP contribution >= 0.6 is 12.8 Å². The summed E-state index contributed by atoms with van der Waals surface area (Å²) in [5.74, 6) is 4.73. The first-order valence-corrected chi connectivity index (χ1v) is 9.64. The topological polar surface area (TPSA) is 110 Å². The smallest absolute Gasteiger partial charge is 0.232 e. The van der Waals surface area contributed by atoms with Crippen LogP contribution in [-0.4, -0.2) is 33.5 Å². The number of likely N-dealkylation sites (tertiary alicyclic amines) is 1. The summed E-state index contributed by atoms with van der Waals surface area (Å²) in [5.41, 5.74) is 5.57. The average Bonchev–Trinajstić information content (AvgIpc) is 2.76. The van der Waals surface area contributed by atoms with Crippen molar-refractivity contribution in [2.45, 2.75) is 66.8 Å². The molecule has 0 bridgehead atoms. The number of hydrogen-bond acceptors (Lipinski definition) is 7. The molecule has 0 aromatic rings. The van der Waals surface area contributed by atoms with Crippen molar-refractivity contribution in [3.63, 3.8) is 0 Å². The molecule has 0 aromatic carbocycles. The number of imide groups is 1. The van der Waals surface area contributed by atoms with E-state index >= 15 is 0 Å². The Kier molecular flexibility index (Phi) is 7.52. The van der Waals surface area contributed by atoms with Gasteiger partial charge in [0.25, 0.3) is 0 Å². The molecule has 0 saturated carbocycles. The van der Waals surface area contributed by atoms with Crippen molar-refractivity contribution in [2.75, 3.05) is 0 Å². The lowest BCUT2D eigenvalue weighted by atomic mass is 9.69. The number of nitrogens with zero attached hydrogens (tertiary/aromatic N) is 2. The van der Waals surface area contributed by atoms with Crippen molar-refractivity contribution in [2.24, 2.45) is 34.2 Å². The lowest BCUT2D eigenvalue weighted by Gasteiger charge is -2.43. The van der Waals surface area contributed by atoms with Gasteiger partial charge in [-0.05, 0) is 24.2 Å². The van der Waals surface area contributed by atoms with E-state index in [0.717, 1.165) is 10.7 Å². The van der Waals surface area contributed by atoms with Crippen LogP contribution in [0.3, 0.4) is 0 Å². The standard InChI is InChI=1S/C19H34N4O3S/c1-12(14(20)9-22(21)27)7-15(19(5,6)10-18(3,4)11-24)23-16(25)8-13(2)17(23)26/h9,11-13,15,27H,7-8,10,20-21H2,1-6H3/b14-9-. The number of amides is 2.